The van der Waals surface area contributed by atoms with Crippen LogP contribution >= 0.6 is 0 Å². The van der Waals surface area contributed by atoms with E-state index in [2.05, 4.69) is 15.4 Å². The van der Waals surface area contributed by atoms with E-state index >= 15 is 0 Å². The van der Waals surface area contributed by atoms with Crippen LogP contribution in [0.2, 0.25) is 0 Å². The first kappa shape index (κ1) is 11.5. The van der Waals surface area contributed by atoms with Gasteiger partial charge >= 0.3 is 0 Å². The van der Waals surface area contributed by atoms with Crippen LogP contribution in [0.5, 0.6) is 0 Å². The summed E-state index contributed by atoms with van der Waals surface area (Å²) in [7, 11) is 1.82. The summed E-state index contributed by atoms with van der Waals surface area (Å²) < 4.78 is 3.23. The molecule has 0 saturated heterocycles. The summed E-state index contributed by atoms with van der Waals surface area (Å²) in [5.41, 5.74) is 1.54. The number of rotatable bonds is 3. The van der Waals surface area contributed by atoms with Crippen molar-refractivity contribution < 1.29 is 0 Å². The Morgan fingerprint density at radius 3 is 3.00 bits per heavy atom. The summed E-state index contributed by atoms with van der Waals surface area (Å²) in [5.74, 6) is 0.788. The number of aromatic nitrogens is 4. The molecule has 0 spiro atoms. The van der Waals surface area contributed by atoms with Gasteiger partial charge in [0.2, 0.25) is 0 Å². The SMILES string of the molecule is CNc1cc(Cn2ccn3nccc3c2=O)ccn1. The Labute approximate surface area is 109 Å². The molecule has 3 aromatic rings. The number of hydrogen-bond acceptors (Lipinski definition) is 4. The molecule has 0 aliphatic carbocycles. The standard InChI is InChI=1S/C13H13N5O/c1-14-12-8-10(2-4-15-12)9-17-6-7-18-11(13(17)19)3-5-16-18/h2-8H,9H2,1H3,(H,14,15). The maximum atomic E-state index is 12.2. The van der Waals surface area contributed by atoms with Crippen LogP contribution in [0.25, 0.3) is 5.52 Å². The van der Waals surface area contributed by atoms with Crippen molar-refractivity contribution in [1.29, 1.82) is 0 Å². The highest BCUT2D eigenvalue weighted by molar-refractivity contribution is 5.43. The van der Waals surface area contributed by atoms with Crippen LogP contribution in [0.4, 0.5) is 5.82 Å². The van der Waals surface area contributed by atoms with Crippen LogP contribution in [0, 0.1) is 0 Å². The molecule has 19 heavy (non-hydrogen) atoms. The smallest absolute Gasteiger partial charge is 0.276 e. The van der Waals surface area contributed by atoms with Gasteiger partial charge in [0.05, 0.1) is 12.7 Å². The molecule has 0 saturated carbocycles. The van der Waals surface area contributed by atoms with E-state index < -0.39 is 0 Å². The van der Waals surface area contributed by atoms with Crippen molar-refractivity contribution in [2.75, 3.05) is 12.4 Å². The summed E-state index contributed by atoms with van der Waals surface area (Å²) in [6.45, 7) is 0.512. The van der Waals surface area contributed by atoms with Crippen molar-refractivity contribution in [3.63, 3.8) is 0 Å². The highest BCUT2D eigenvalue weighted by Crippen LogP contribution is 2.07. The number of nitrogens with zero attached hydrogens (tertiary/aromatic N) is 4. The molecule has 0 radical (unpaired) electrons. The number of nitrogens with one attached hydrogen (secondary N) is 1. The van der Waals surface area contributed by atoms with Gasteiger partial charge in [0.15, 0.2) is 0 Å². The van der Waals surface area contributed by atoms with Crippen molar-refractivity contribution in [1.82, 2.24) is 19.2 Å². The fourth-order valence-electron chi connectivity index (χ4n) is 1.99. The monoisotopic (exact) mass is 255 g/mol. The van der Waals surface area contributed by atoms with Crippen LogP contribution in [-0.2, 0) is 6.54 Å². The summed E-state index contributed by atoms with van der Waals surface area (Å²) in [6.07, 6.45) is 6.86. The Morgan fingerprint density at radius 2 is 2.16 bits per heavy atom. The molecule has 0 aliphatic rings. The largest absolute Gasteiger partial charge is 0.373 e. The minimum Gasteiger partial charge on any atom is -0.373 e. The molecular weight excluding hydrogens is 242 g/mol. The van der Waals surface area contributed by atoms with Crippen LogP contribution in [0.1, 0.15) is 5.56 Å². The molecule has 0 fully saturated rings. The van der Waals surface area contributed by atoms with Gasteiger partial charge in [0.25, 0.3) is 5.56 Å². The van der Waals surface area contributed by atoms with Gasteiger partial charge in [-0.3, -0.25) is 4.79 Å². The molecule has 3 heterocycles. The Balaban J connectivity index is 2.00. The molecule has 3 aromatic heterocycles. The maximum absolute atomic E-state index is 12.2. The Hall–Kier alpha value is -2.63. The summed E-state index contributed by atoms with van der Waals surface area (Å²) >= 11 is 0. The van der Waals surface area contributed by atoms with Crippen molar-refractivity contribution in [2.45, 2.75) is 6.54 Å². The van der Waals surface area contributed by atoms with Gasteiger partial charge in [-0.25, -0.2) is 9.50 Å². The van der Waals surface area contributed by atoms with Crippen molar-refractivity contribution in [3.8, 4) is 0 Å². The fraction of sp³-hybridized carbons (Fsp3) is 0.154. The zero-order chi connectivity index (χ0) is 13.2. The van der Waals surface area contributed by atoms with Crippen molar-refractivity contribution >= 4 is 11.3 Å². The van der Waals surface area contributed by atoms with Crippen LogP contribution < -0.4 is 10.9 Å². The quantitative estimate of drug-likeness (QED) is 0.757. The molecule has 0 atom stereocenters. The molecule has 6 heteroatoms. The summed E-state index contributed by atoms with van der Waals surface area (Å²) in [4.78, 5) is 16.4. The molecule has 0 aromatic carbocycles. The van der Waals surface area contributed by atoms with Crippen molar-refractivity contribution in [2.24, 2.45) is 0 Å². The second-order valence-corrected chi connectivity index (χ2v) is 4.19. The van der Waals surface area contributed by atoms with Gasteiger partial charge in [-0.15, -0.1) is 0 Å². The molecule has 0 bridgehead atoms. The lowest BCUT2D eigenvalue weighted by Crippen LogP contribution is -2.21. The lowest BCUT2D eigenvalue weighted by atomic mass is 10.2. The summed E-state index contributed by atoms with van der Waals surface area (Å²) in [5, 5.41) is 7.02. The minimum atomic E-state index is -0.0529. The molecule has 96 valence electrons. The van der Waals surface area contributed by atoms with E-state index in [-0.39, 0.29) is 5.56 Å². The third-order valence-electron chi connectivity index (χ3n) is 2.97. The lowest BCUT2D eigenvalue weighted by molar-refractivity contribution is 0.742. The van der Waals surface area contributed by atoms with Gasteiger partial charge in [-0.05, 0) is 23.8 Å². The third-order valence-corrected chi connectivity index (χ3v) is 2.97. The molecule has 0 amide bonds. The predicted octanol–water partition coefficient (Wildman–Crippen LogP) is 0.981. The lowest BCUT2D eigenvalue weighted by Gasteiger charge is -2.07. The second-order valence-electron chi connectivity index (χ2n) is 4.19. The van der Waals surface area contributed by atoms with E-state index in [1.807, 2.05) is 19.2 Å². The number of hydrogen-bond donors (Lipinski definition) is 1. The Bertz CT molecular complexity index is 774. The van der Waals surface area contributed by atoms with E-state index in [1.54, 1.807) is 39.9 Å². The third kappa shape index (κ3) is 2.08. The van der Waals surface area contributed by atoms with Gasteiger partial charge in [0.1, 0.15) is 11.3 Å². The normalized spacial score (nSPS) is 10.8. The second kappa shape index (κ2) is 4.56. The van der Waals surface area contributed by atoms with Crippen LogP contribution in [0.15, 0.2) is 47.8 Å². The Kier molecular flexibility index (Phi) is 2.75. The van der Waals surface area contributed by atoms with E-state index in [0.717, 1.165) is 11.4 Å². The van der Waals surface area contributed by atoms with E-state index in [1.165, 1.54) is 0 Å². The first-order valence-electron chi connectivity index (χ1n) is 5.93. The number of pyridine rings is 1. The minimum absolute atomic E-state index is 0.0529. The van der Waals surface area contributed by atoms with Crippen LogP contribution in [0.3, 0.4) is 0 Å². The van der Waals surface area contributed by atoms with Crippen molar-refractivity contribution in [3.05, 3.63) is 58.9 Å². The molecule has 6 nitrogen and oxygen atoms in total. The molecule has 3 rings (SSSR count). The summed E-state index contributed by atoms with van der Waals surface area (Å²) in [6, 6.07) is 5.53. The first-order valence-corrected chi connectivity index (χ1v) is 5.93. The highest BCUT2D eigenvalue weighted by Gasteiger charge is 2.04. The topological polar surface area (TPSA) is 64.2 Å². The number of fused-ring (bicyclic) bond motifs is 1. The van der Waals surface area contributed by atoms with E-state index in [9.17, 15) is 4.79 Å². The van der Waals surface area contributed by atoms with E-state index in [0.29, 0.717) is 12.1 Å². The van der Waals surface area contributed by atoms with Crippen LogP contribution in [-0.4, -0.2) is 26.2 Å². The van der Waals surface area contributed by atoms with E-state index in [4.69, 9.17) is 0 Å². The average Bonchev–Trinajstić information content (AvgIpc) is 2.91. The molecule has 0 aliphatic heterocycles. The zero-order valence-corrected chi connectivity index (χ0v) is 10.4. The zero-order valence-electron chi connectivity index (χ0n) is 10.4. The molecule has 1 N–H and O–H groups in total. The molecule has 0 unspecified atom stereocenters. The molecular formula is C13H13N5O. The number of anilines is 1. The first-order chi connectivity index (χ1) is 9.28. The van der Waals surface area contributed by atoms with Gasteiger partial charge in [-0.2, -0.15) is 5.10 Å². The maximum Gasteiger partial charge on any atom is 0.276 e. The van der Waals surface area contributed by atoms with Gasteiger partial charge < -0.3 is 9.88 Å². The van der Waals surface area contributed by atoms with Gasteiger partial charge in [0, 0.05) is 25.6 Å². The fourth-order valence-corrected chi connectivity index (χ4v) is 1.99. The van der Waals surface area contributed by atoms with Gasteiger partial charge in [-0.1, -0.05) is 0 Å². The average molecular weight is 255 g/mol. The Morgan fingerprint density at radius 1 is 1.26 bits per heavy atom. The highest BCUT2D eigenvalue weighted by atomic mass is 16.1. The predicted molar refractivity (Wildman–Crippen MR) is 72.3 cm³/mol.